The van der Waals surface area contributed by atoms with Gasteiger partial charge in [0.1, 0.15) is 0 Å². The van der Waals surface area contributed by atoms with Crippen LogP contribution in [0.5, 0.6) is 0 Å². The third-order valence-electron chi connectivity index (χ3n) is 2.57. The fourth-order valence-electron chi connectivity index (χ4n) is 1.89. The van der Waals surface area contributed by atoms with E-state index >= 15 is 0 Å². The molecule has 72 valence electrons. The maximum Gasteiger partial charge on any atom is 0.154 e. The lowest BCUT2D eigenvalue weighted by Crippen LogP contribution is -1.96. The second kappa shape index (κ2) is 3.25. The summed E-state index contributed by atoms with van der Waals surface area (Å²) in [5, 5.41) is 0. The zero-order chi connectivity index (χ0) is 10.1. The zero-order valence-electron chi connectivity index (χ0n) is 8.32. The van der Waals surface area contributed by atoms with E-state index in [0.717, 1.165) is 35.0 Å². The van der Waals surface area contributed by atoms with Gasteiger partial charge in [-0.15, -0.1) is 0 Å². The summed E-state index contributed by atoms with van der Waals surface area (Å²) in [4.78, 5) is 15.2. The fourth-order valence-corrected chi connectivity index (χ4v) is 1.89. The van der Waals surface area contributed by atoms with Crippen molar-refractivity contribution in [2.75, 3.05) is 0 Å². The van der Waals surface area contributed by atoms with Crippen molar-refractivity contribution in [2.24, 2.45) is 7.05 Å². The molecule has 0 unspecified atom stereocenters. The van der Waals surface area contributed by atoms with Crippen LogP contribution in [0.1, 0.15) is 23.0 Å². The quantitative estimate of drug-likeness (QED) is 0.675. The molecule has 14 heavy (non-hydrogen) atoms. The SMILES string of the molecule is CCc1c(C=O)c2ncccc2n1C. The van der Waals surface area contributed by atoms with Crippen molar-refractivity contribution in [3.8, 4) is 0 Å². The number of hydrogen-bond donors (Lipinski definition) is 0. The van der Waals surface area contributed by atoms with Crippen LogP contribution < -0.4 is 0 Å². The molecule has 0 aliphatic heterocycles. The molecular weight excluding hydrogens is 176 g/mol. The molecule has 0 saturated carbocycles. The number of aldehydes is 1. The van der Waals surface area contributed by atoms with Gasteiger partial charge in [-0.05, 0) is 18.6 Å². The average Bonchev–Trinajstić information content (AvgIpc) is 2.51. The molecule has 0 spiro atoms. The van der Waals surface area contributed by atoms with Crippen LogP contribution in [0.3, 0.4) is 0 Å². The van der Waals surface area contributed by atoms with Crippen molar-refractivity contribution < 1.29 is 4.79 Å². The van der Waals surface area contributed by atoms with Crippen molar-refractivity contribution in [1.82, 2.24) is 9.55 Å². The summed E-state index contributed by atoms with van der Waals surface area (Å²) >= 11 is 0. The molecule has 0 bridgehead atoms. The Morgan fingerprint density at radius 2 is 2.36 bits per heavy atom. The minimum Gasteiger partial charge on any atom is -0.346 e. The van der Waals surface area contributed by atoms with Gasteiger partial charge in [0.05, 0.1) is 16.6 Å². The molecule has 0 aromatic carbocycles. The number of carbonyl (C=O) groups excluding carboxylic acids is 1. The molecule has 0 radical (unpaired) electrons. The molecular formula is C11H12N2O. The van der Waals surface area contributed by atoms with Gasteiger partial charge in [0.15, 0.2) is 6.29 Å². The van der Waals surface area contributed by atoms with E-state index in [2.05, 4.69) is 4.98 Å². The van der Waals surface area contributed by atoms with Crippen LogP contribution in [-0.4, -0.2) is 15.8 Å². The van der Waals surface area contributed by atoms with E-state index in [-0.39, 0.29) is 0 Å². The van der Waals surface area contributed by atoms with Gasteiger partial charge in [-0.1, -0.05) is 6.92 Å². The normalized spacial score (nSPS) is 10.7. The molecule has 0 amide bonds. The van der Waals surface area contributed by atoms with Gasteiger partial charge in [0.2, 0.25) is 0 Å². The molecule has 0 N–H and O–H groups in total. The highest BCUT2D eigenvalue weighted by Gasteiger charge is 2.12. The third-order valence-corrected chi connectivity index (χ3v) is 2.57. The lowest BCUT2D eigenvalue weighted by Gasteiger charge is -1.99. The summed E-state index contributed by atoms with van der Waals surface area (Å²) in [5.74, 6) is 0. The van der Waals surface area contributed by atoms with E-state index in [1.807, 2.05) is 30.7 Å². The Balaban J connectivity index is 2.91. The molecule has 0 aliphatic carbocycles. The second-order valence-corrected chi connectivity index (χ2v) is 3.26. The first-order valence-corrected chi connectivity index (χ1v) is 4.67. The monoisotopic (exact) mass is 188 g/mol. The molecule has 2 aromatic heterocycles. The highest BCUT2D eigenvalue weighted by atomic mass is 16.1. The van der Waals surface area contributed by atoms with Gasteiger partial charge in [-0.3, -0.25) is 9.78 Å². The summed E-state index contributed by atoms with van der Waals surface area (Å²) in [7, 11) is 1.97. The molecule has 2 aromatic rings. The molecule has 0 aliphatic rings. The van der Waals surface area contributed by atoms with Crippen molar-refractivity contribution in [3.63, 3.8) is 0 Å². The molecule has 0 fully saturated rings. The number of aryl methyl sites for hydroxylation is 1. The van der Waals surface area contributed by atoms with Crippen molar-refractivity contribution in [2.45, 2.75) is 13.3 Å². The minimum absolute atomic E-state index is 0.727. The van der Waals surface area contributed by atoms with Crippen LogP contribution in [0.2, 0.25) is 0 Å². The Kier molecular flexibility index (Phi) is 2.08. The van der Waals surface area contributed by atoms with Crippen molar-refractivity contribution in [1.29, 1.82) is 0 Å². The van der Waals surface area contributed by atoms with Crippen molar-refractivity contribution >= 4 is 17.3 Å². The molecule has 3 heteroatoms. The van der Waals surface area contributed by atoms with E-state index in [9.17, 15) is 4.79 Å². The zero-order valence-corrected chi connectivity index (χ0v) is 8.32. The summed E-state index contributed by atoms with van der Waals surface area (Å²) in [5.41, 5.74) is 3.60. The Bertz CT molecular complexity index is 485. The predicted molar refractivity (Wildman–Crippen MR) is 55.5 cm³/mol. The van der Waals surface area contributed by atoms with Crippen LogP contribution in [-0.2, 0) is 13.5 Å². The van der Waals surface area contributed by atoms with Crippen molar-refractivity contribution in [3.05, 3.63) is 29.6 Å². The van der Waals surface area contributed by atoms with E-state index in [0.29, 0.717) is 0 Å². The van der Waals surface area contributed by atoms with Gasteiger partial charge < -0.3 is 4.57 Å². The Hall–Kier alpha value is -1.64. The first-order chi connectivity index (χ1) is 6.79. The van der Waals surface area contributed by atoms with Gasteiger partial charge in [-0.25, -0.2) is 0 Å². The number of carbonyl (C=O) groups is 1. The van der Waals surface area contributed by atoms with E-state index in [1.165, 1.54) is 0 Å². The number of aromatic nitrogens is 2. The molecule has 2 rings (SSSR count). The van der Waals surface area contributed by atoms with Crippen LogP contribution in [0.15, 0.2) is 18.3 Å². The average molecular weight is 188 g/mol. The van der Waals surface area contributed by atoms with Crippen LogP contribution in [0.4, 0.5) is 0 Å². The Labute approximate surface area is 82.4 Å². The molecule has 0 atom stereocenters. The summed E-state index contributed by atoms with van der Waals surface area (Å²) in [6.45, 7) is 2.04. The molecule has 2 heterocycles. The topological polar surface area (TPSA) is 34.9 Å². The second-order valence-electron chi connectivity index (χ2n) is 3.26. The van der Waals surface area contributed by atoms with Crippen LogP contribution in [0, 0.1) is 0 Å². The van der Waals surface area contributed by atoms with E-state index in [4.69, 9.17) is 0 Å². The highest BCUT2D eigenvalue weighted by Crippen LogP contribution is 2.21. The van der Waals surface area contributed by atoms with Crippen LogP contribution >= 0.6 is 0 Å². The first-order valence-electron chi connectivity index (χ1n) is 4.67. The number of hydrogen-bond acceptors (Lipinski definition) is 2. The van der Waals surface area contributed by atoms with Crippen LogP contribution in [0.25, 0.3) is 11.0 Å². The maximum absolute atomic E-state index is 11.0. The lowest BCUT2D eigenvalue weighted by atomic mass is 10.2. The van der Waals surface area contributed by atoms with Gasteiger partial charge >= 0.3 is 0 Å². The standard InChI is InChI=1S/C11H12N2O/c1-3-9-8(7-14)11-10(13(9)2)5-4-6-12-11/h4-7H,3H2,1-2H3. The van der Waals surface area contributed by atoms with Gasteiger partial charge in [0, 0.05) is 18.9 Å². The number of fused-ring (bicyclic) bond motifs is 1. The van der Waals surface area contributed by atoms with Gasteiger partial charge in [-0.2, -0.15) is 0 Å². The van der Waals surface area contributed by atoms with E-state index in [1.54, 1.807) is 6.20 Å². The van der Waals surface area contributed by atoms with Gasteiger partial charge in [0.25, 0.3) is 0 Å². The Morgan fingerprint density at radius 3 is 3.00 bits per heavy atom. The fraction of sp³-hybridized carbons (Fsp3) is 0.273. The number of pyridine rings is 1. The first kappa shape index (κ1) is 8.94. The third kappa shape index (κ3) is 1.05. The molecule has 0 saturated heterocycles. The maximum atomic E-state index is 11.0. The minimum atomic E-state index is 0.727. The number of nitrogens with zero attached hydrogens (tertiary/aromatic N) is 2. The summed E-state index contributed by atoms with van der Waals surface area (Å²) < 4.78 is 2.03. The predicted octanol–water partition coefficient (Wildman–Crippen LogP) is 1.95. The smallest absolute Gasteiger partial charge is 0.154 e. The highest BCUT2D eigenvalue weighted by molar-refractivity contribution is 5.96. The summed E-state index contributed by atoms with van der Waals surface area (Å²) in [6.07, 6.45) is 3.46. The molecule has 3 nitrogen and oxygen atoms in total. The lowest BCUT2D eigenvalue weighted by molar-refractivity contribution is 0.112. The Morgan fingerprint density at radius 1 is 1.57 bits per heavy atom. The largest absolute Gasteiger partial charge is 0.346 e. The number of rotatable bonds is 2. The summed E-state index contributed by atoms with van der Waals surface area (Å²) in [6, 6.07) is 3.87. The van der Waals surface area contributed by atoms with E-state index < -0.39 is 0 Å².